The molecule has 0 radical (unpaired) electrons. The molecule has 2 heteroatoms. The Hall–Kier alpha value is -0.790. The first-order valence-electron chi connectivity index (χ1n) is 5.50. The Morgan fingerprint density at radius 1 is 1.12 bits per heavy atom. The molecule has 2 rings (SSSR count). The molecule has 1 aromatic carbocycles. The summed E-state index contributed by atoms with van der Waals surface area (Å²) >= 11 is 8.27. The zero-order valence-electron chi connectivity index (χ0n) is 9.53. The van der Waals surface area contributed by atoms with E-state index in [-0.39, 0.29) is 5.38 Å². The van der Waals surface area contributed by atoms with E-state index in [4.69, 9.17) is 11.6 Å². The average molecular weight is 251 g/mol. The number of hydrogen-bond donors (Lipinski definition) is 0. The standard InChI is InChI=1S/C14H15ClS/c1-3-12-8-9-13(16-12)14(15)11-6-4-10(2)5-7-11/h4-9,14H,3H2,1-2H3. The summed E-state index contributed by atoms with van der Waals surface area (Å²) in [5.41, 5.74) is 2.45. The van der Waals surface area contributed by atoms with E-state index in [0.29, 0.717) is 0 Å². The molecule has 2 aromatic rings. The molecule has 1 aromatic heterocycles. The monoisotopic (exact) mass is 250 g/mol. The lowest BCUT2D eigenvalue weighted by atomic mass is 10.1. The second-order valence-electron chi connectivity index (χ2n) is 3.93. The van der Waals surface area contributed by atoms with E-state index in [0.717, 1.165) is 6.42 Å². The fourth-order valence-corrected chi connectivity index (χ4v) is 2.93. The quantitative estimate of drug-likeness (QED) is 0.677. The van der Waals surface area contributed by atoms with Crippen molar-refractivity contribution in [3.63, 3.8) is 0 Å². The molecule has 0 amide bonds. The van der Waals surface area contributed by atoms with Crippen LogP contribution in [0.3, 0.4) is 0 Å². The first-order valence-corrected chi connectivity index (χ1v) is 6.75. The maximum absolute atomic E-state index is 6.46. The maximum Gasteiger partial charge on any atom is 0.0927 e. The second kappa shape index (κ2) is 5.03. The molecule has 84 valence electrons. The highest BCUT2D eigenvalue weighted by atomic mass is 35.5. The van der Waals surface area contributed by atoms with Gasteiger partial charge in [-0.05, 0) is 31.0 Å². The van der Waals surface area contributed by atoms with E-state index in [2.05, 4.69) is 50.2 Å². The SMILES string of the molecule is CCc1ccc(C(Cl)c2ccc(C)cc2)s1. The topological polar surface area (TPSA) is 0 Å². The van der Waals surface area contributed by atoms with Crippen LogP contribution in [0.15, 0.2) is 36.4 Å². The van der Waals surface area contributed by atoms with E-state index in [1.54, 1.807) is 0 Å². The molecule has 16 heavy (non-hydrogen) atoms. The number of alkyl halides is 1. The lowest BCUT2D eigenvalue weighted by Gasteiger charge is -2.07. The van der Waals surface area contributed by atoms with Gasteiger partial charge < -0.3 is 0 Å². The highest BCUT2D eigenvalue weighted by Gasteiger charge is 2.12. The van der Waals surface area contributed by atoms with Gasteiger partial charge in [-0.1, -0.05) is 36.8 Å². The summed E-state index contributed by atoms with van der Waals surface area (Å²) in [5, 5.41) is -0.00843. The first kappa shape index (κ1) is 11.7. The van der Waals surface area contributed by atoms with Crippen LogP contribution in [0.2, 0.25) is 0 Å². The molecule has 0 bridgehead atoms. The Bertz CT molecular complexity index is 456. The van der Waals surface area contributed by atoms with Gasteiger partial charge in [-0.25, -0.2) is 0 Å². The maximum atomic E-state index is 6.46. The van der Waals surface area contributed by atoms with Gasteiger partial charge in [0, 0.05) is 9.75 Å². The van der Waals surface area contributed by atoms with Crippen LogP contribution in [0, 0.1) is 6.92 Å². The summed E-state index contributed by atoms with van der Waals surface area (Å²) in [5.74, 6) is 0. The van der Waals surface area contributed by atoms with Crippen molar-refractivity contribution in [1.29, 1.82) is 0 Å². The zero-order chi connectivity index (χ0) is 11.5. The summed E-state index contributed by atoms with van der Waals surface area (Å²) in [4.78, 5) is 2.63. The van der Waals surface area contributed by atoms with E-state index >= 15 is 0 Å². The minimum atomic E-state index is -0.00843. The van der Waals surface area contributed by atoms with Crippen LogP contribution in [-0.2, 0) is 6.42 Å². The third-order valence-corrected chi connectivity index (χ3v) is 4.56. The predicted octanol–water partition coefficient (Wildman–Crippen LogP) is 4.95. The van der Waals surface area contributed by atoms with Crippen molar-refractivity contribution < 1.29 is 0 Å². The molecule has 0 nitrogen and oxygen atoms in total. The third-order valence-electron chi connectivity index (χ3n) is 2.65. The van der Waals surface area contributed by atoms with Gasteiger partial charge in [0.05, 0.1) is 5.38 Å². The molecule has 0 aliphatic carbocycles. The summed E-state index contributed by atoms with van der Waals surface area (Å²) in [7, 11) is 0. The Morgan fingerprint density at radius 2 is 1.81 bits per heavy atom. The van der Waals surface area contributed by atoms with Gasteiger partial charge >= 0.3 is 0 Å². The van der Waals surface area contributed by atoms with Gasteiger partial charge in [0.1, 0.15) is 0 Å². The van der Waals surface area contributed by atoms with Gasteiger partial charge in [0.15, 0.2) is 0 Å². The normalized spacial score (nSPS) is 12.7. The van der Waals surface area contributed by atoms with Crippen molar-refractivity contribution in [2.24, 2.45) is 0 Å². The Morgan fingerprint density at radius 3 is 2.38 bits per heavy atom. The Labute approximate surface area is 106 Å². The Balaban J connectivity index is 2.24. The number of halogens is 1. The summed E-state index contributed by atoms with van der Waals surface area (Å²) in [6, 6.07) is 12.7. The number of aryl methyl sites for hydroxylation is 2. The summed E-state index contributed by atoms with van der Waals surface area (Å²) in [6.07, 6.45) is 1.09. The van der Waals surface area contributed by atoms with Gasteiger partial charge in [-0.15, -0.1) is 22.9 Å². The molecule has 0 N–H and O–H groups in total. The fraction of sp³-hybridized carbons (Fsp3) is 0.286. The van der Waals surface area contributed by atoms with Gasteiger partial charge in [0.2, 0.25) is 0 Å². The smallest absolute Gasteiger partial charge is 0.0927 e. The molecule has 0 fully saturated rings. The van der Waals surface area contributed by atoms with Crippen LogP contribution in [0.1, 0.15) is 33.2 Å². The van der Waals surface area contributed by atoms with E-state index in [1.165, 1.54) is 20.9 Å². The van der Waals surface area contributed by atoms with Crippen LogP contribution in [0.4, 0.5) is 0 Å². The highest BCUT2D eigenvalue weighted by Crippen LogP contribution is 2.33. The van der Waals surface area contributed by atoms with E-state index in [9.17, 15) is 0 Å². The number of thiophene rings is 1. The third kappa shape index (κ3) is 2.47. The number of hydrogen-bond acceptors (Lipinski definition) is 1. The fourth-order valence-electron chi connectivity index (χ4n) is 1.62. The van der Waals surface area contributed by atoms with Crippen molar-refractivity contribution in [2.75, 3.05) is 0 Å². The zero-order valence-corrected chi connectivity index (χ0v) is 11.1. The van der Waals surface area contributed by atoms with Crippen LogP contribution >= 0.6 is 22.9 Å². The number of rotatable bonds is 3. The van der Waals surface area contributed by atoms with Gasteiger partial charge in [0.25, 0.3) is 0 Å². The molecule has 0 saturated carbocycles. The molecule has 0 saturated heterocycles. The molecule has 0 spiro atoms. The van der Waals surface area contributed by atoms with Crippen LogP contribution in [0.5, 0.6) is 0 Å². The molecule has 0 aliphatic heterocycles. The lowest BCUT2D eigenvalue weighted by molar-refractivity contribution is 1.18. The molecule has 1 atom stereocenters. The van der Waals surface area contributed by atoms with Crippen LogP contribution in [0.25, 0.3) is 0 Å². The van der Waals surface area contributed by atoms with Crippen molar-refractivity contribution in [1.82, 2.24) is 0 Å². The Kier molecular flexibility index (Phi) is 3.67. The minimum Gasteiger partial charge on any atom is -0.143 e. The van der Waals surface area contributed by atoms with E-state index < -0.39 is 0 Å². The van der Waals surface area contributed by atoms with Crippen molar-refractivity contribution in [3.05, 3.63) is 57.3 Å². The molecule has 1 heterocycles. The van der Waals surface area contributed by atoms with Crippen molar-refractivity contribution >= 4 is 22.9 Å². The minimum absolute atomic E-state index is 0.00843. The summed E-state index contributed by atoms with van der Waals surface area (Å²) < 4.78 is 0. The second-order valence-corrected chi connectivity index (χ2v) is 5.57. The predicted molar refractivity (Wildman–Crippen MR) is 72.6 cm³/mol. The van der Waals surface area contributed by atoms with Gasteiger partial charge in [-0.2, -0.15) is 0 Å². The molecular formula is C14H15ClS. The summed E-state index contributed by atoms with van der Waals surface area (Å²) in [6.45, 7) is 4.26. The van der Waals surface area contributed by atoms with Gasteiger partial charge in [-0.3, -0.25) is 0 Å². The van der Waals surface area contributed by atoms with Crippen molar-refractivity contribution in [3.8, 4) is 0 Å². The molecule has 0 aliphatic rings. The van der Waals surface area contributed by atoms with Crippen LogP contribution < -0.4 is 0 Å². The molecular weight excluding hydrogens is 236 g/mol. The highest BCUT2D eigenvalue weighted by molar-refractivity contribution is 7.12. The largest absolute Gasteiger partial charge is 0.143 e. The molecule has 1 unspecified atom stereocenters. The average Bonchev–Trinajstić information content (AvgIpc) is 2.77. The lowest BCUT2D eigenvalue weighted by Crippen LogP contribution is -1.89. The van der Waals surface area contributed by atoms with Crippen molar-refractivity contribution in [2.45, 2.75) is 25.6 Å². The van der Waals surface area contributed by atoms with E-state index in [1.807, 2.05) is 11.3 Å². The van der Waals surface area contributed by atoms with Crippen LogP contribution in [-0.4, -0.2) is 0 Å². The first-order chi connectivity index (χ1) is 7.70. The number of benzene rings is 1.